The number of halogens is 1. The van der Waals surface area contributed by atoms with E-state index in [2.05, 4.69) is 30.2 Å². The number of hydrogen-bond acceptors (Lipinski definition) is 7. The topological polar surface area (TPSA) is 110 Å². The highest BCUT2D eigenvalue weighted by Gasteiger charge is 2.55. The van der Waals surface area contributed by atoms with Gasteiger partial charge in [-0.3, -0.25) is 9.78 Å². The van der Waals surface area contributed by atoms with Gasteiger partial charge in [0.15, 0.2) is 11.5 Å². The normalized spacial score (nSPS) is 27.2. The van der Waals surface area contributed by atoms with Crippen molar-refractivity contribution in [1.82, 2.24) is 9.88 Å². The summed E-state index contributed by atoms with van der Waals surface area (Å²) in [5.74, 6) is 1.97. The number of benzene rings is 2. The number of anilines is 1. The summed E-state index contributed by atoms with van der Waals surface area (Å²) in [4.78, 5) is 31.7. The summed E-state index contributed by atoms with van der Waals surface area (Å²) in [5.41, 5.74) is 4.12. The number of aromatic nitrogens is 1. The fraction of sp³-hybridized carbons (Fsp3) is 0.513. The maximum Gasteiger partial charge on any atom is 0.329 e. The summed E-state index contributed by atoms with van der Waals surface area (Å²) < 4.78 is 18.6. The minimum absolute atomic E-state index is 0.251. The van der Waals surface area contributed by atoms with E-state index in [0.717, 1.165) is 43.5 Å². The first-order chi connectivity index (χ1) is 23.5. The van der Waals surface area contributed by atoms with E-state index in [4.69, 9.17) is 25.8 Å². The van der Waals surface area contributed by atoms with Crippen LogP contribution in [0.2, 0.25) is 5.02 Å². The summed E-state index contributed by atoms with van der Waals surface area (Å²) in [6, 6.07) is 13.4. The number of aliphatic carboxylic acids is 1. The van der Waals surface area contributed by atoms with Gasteiger partial charge in [0.25, 0.3) is 0 Å². The number of likely N-dealkylation sites (N-methyl/N-ethyl adjacent to an activating group) is 1. The first kappa shape index (κ1) is 33.5. The summed E-state index contributed by atoms with van der Waals surface area (Å²) in [6.07, 6.45) is 8.22. The van der Waals surface area contributed by atoms with Crippen molar-refractivity contribution in [2.45, 2.75) is 94.8 Å². The number of hydrogen-bond donors (Lipinski definition) is 2. The molecule has 7 rings (SSSR count). The van der Waals surface area contributed by atoms with Gasteiger partial charge in [0.2, 0.25) is 0 Å². The van der Waals surface area contributed by atoms with Crippen molar-refractivity contribution >= 4 is 29.2 Å². The number of nitrogens with one attached hydrogen (secondary N) is 1. The standard InChI is InChI=1S/C39H46ClN3O6/c1-23(22-47-31-11-16-41-30-10-5-7-24(2)34(30)31)17-26-18-25-19-32-33(49-36(48-32)35(44)43(3)4)21-29(25)38(26)12-14-39(15-13-38,37(45)46)42-28-9-6-8-27(40)20-28/h6,8-9,11,16,19-21,23-24,26,36,42H,5,7,10,12-15,17-18,22H2,1-4H3,(H,45,46)/t23-,24-,26?,36?,38?,39?/m1/s1. The molecule has 3 aromatic rings. The van der Waals surface area contributed by atoms with Gasteiger partial charge in [0.1, 0.15) is 11.3 Å². The maximum atomic E-state index is 12.9. The van der Waals surface area contributed by atoms with Crippen LogP contribution >= 0.6 is 11.6 Å². The van der Waals surface area contributed by atoms with E-state index in [9.17, 15) is 14.7 Å². The van der Waals surface area contributed by atoms with Crippen molar-refractivity contribution in [3.8, 4) is 17.2 Å². The minimum atomic E-state index is -1.12. The zero-order valence-electron chi connectivity index (χ0n) is 28.8. The molecule has 2 heterocycles. The number of nitrogens with zero attached hydrogens (tertiary/aromatic N) is 2. The number of fused-ring (bicyclic) bond motifs is 4. The number of pyridine rings is 1. The number of carbonyl (C=O) groups excluding carboxylic acids is 1. The molecule has 10 heteroatoms. The highest BCUT2D eigenvalue weighted by Crippen LogP contribution is 2.58. The van der Waals surface area contributed by atoms with Crippen LogP contribution in [0.25, 0.3) is 0 Å². The van der Waals surface area contributed by atoms with Gasteiger partial charge in [-0.2, -0.15) is 0 Å². The van der Waals surface area contributed by atoms with Gasteiger partial charge in [-0.15, -0.1) is 0 Å². The van der Waals surface area contributed by atoms with E-state index in [1.165, 1.54) is 21.6 Å². The van der Waals surface area contributed by atoms with E-state index < -0.39 is 17.8 Å². The van der Waals surface area contributed by atoms with Gasteiger partial charge < -0.3 is 29.5 Å². The Balaban J connectivity index is 1.15. The molecule has 2 unspecified atom stereocenters. The number of ether oxygens (including phenoxy) is 3. The van der Waals surface area contributed by atoms with Gasteiger partial charge in [-0.1, -0.05) is 31.5 Å². The van der Waals surface area contributed by atoms with Gasteiger partial charge in [0.05, 0.1) is 6.61 Å². The predicted molar refractivity (Wildman–Crippen MR) is 188 cm³/mol. The zero-order valence-corrected chi connectivity index (χ0v) is 29.5. The van der Waals surface area contributed by atoms with Crippen molar-refractivity contribution < 1.29 is 28.9 Å². The molecule has 1 amide bonds. The lowest BCUT2D eigenvalue weighted by molar-refractivity contribution is -0.145. The molecule has 1 spiro atoms. The first-order valence-electron chi connectivity index (χ1n) is 17.6. The molecule has 0 saturated heterocycles. The summed E-state index contributed by atoms with van der Waals surface area (Å²) >= 11 is 6.26. The Morgan fingerprint density at radius 3 is 2.59 bits per heavy atom. The molecule has 1 saturated carbocycles. The summed E-state index contributed by atoms with van der Waals surface area (Å²) in [6.45, 7) is 5.11. The lowest BCUT2D eigenvalue weighted by Crippen LogP contribution is -2.53. The first-order valence-corrected chi connectivity index (χ1v) is 18.0. The molecular formula is C39H46ClN3O6. The molecule has 4 aliphatic rings. The van der Waals surface area contributed by atoms with Gasteiger partial charge in [0, 0.05) is 42.3 Å². The van der Waals surface area contributed by atoms with Crippen LogP contribution < -0.4 is 19.5 Å². The Labute approximate surface area is 293 Å². The van der Waals surface area contributed by atoms with Gasteiger partial charge in [-0.05, 0) is 128 Å². The molecule has 1 aliphatic heterocycles. The van der Waals surface area contributed by atoms with Crippen molar-refractivity contribution in [3.05, 3.63) is 76.1 Å². The number of carbonyl (C=O) groups is 2. The van der Waals surface area contributed by atoms with Crippen LogP contribution in [0.4, 0.5) is 5.69 Å². The van der Waals surface area contributed by atoms with Crippen LogP contribution in [-0.4, -0.2) is 59.4 Å². The molecule has 1 fully saturated rings. The Kier molecular flexibility index (Phi) is 8.92. The summed E-state index contributed by atoms with van der Waals surface area (Å²) in [5, 5.41) is 14.5. The molecule has 9 nitrogen and oxygen atoms in total. The predicted octanol–water partition coefficient (Wildman–Crippen LogP) is 7.39. The SMILES string of the molecule is C[C@@H](COc1ccnc2c1[C@H](C)CCC2)CC1Cc2cc3c(cc2C12CCC(Nc1cccc(Cl)c1)(C(=O)O)CC2)OC(C(=O)N(C)C)O3. The highest BCUT2D eigenvalue weighted by atomic mass is 35.5. The number of aryl methyl sites for hydroxylation is 1. The van der Waals surface area contributed by atoms with Crippen LogP contribution in [0, 0.1) is 11.8 Å². The Morgan fingerprint density at radius 1 is 1.12 bits per heavy atom. The highest BCUT2D eigenvalue weighted by molar-refractivity contribution is 6.30. The molecule has 3 aliphatic carbocycles. The van der Waals surface area contributed by atoms with E-state index in [-0.39, 0.29) is 23.2 Å². The van der Waals surface area contributed by atoms with Crippen molar-refractivity contribution in [2.24, 2.45) is 11.8 Å². The minimum Gasteiger partial charge on any atom is -0.493 e. The van der Waals surface area contributed by atoms with Crippen LogP contribution in [0.15, 0.2) is 48.7 Å². The molecule has 0 radical (unpaired) electrons. The fourth-order valence-corrected chi connectivity index (χ4v) is 9.05. The second-order valence-electron chi connectivity index (χ2n) is 15.0. The van der Waals surface area contributed by atoms with E-state index >= 15 is 0 Å². The molecular weight excluding hydrogens is 642 g/mol. The Morgan fingerprint density at radius 2 is 1.88 bits per heavy atom. The third-order valence-corrected chi connectivity index (χ3v) is 11.7. The average molecular weight is 688 g/mol. The second-order valence-corrected chi connectivity index (χ2v) is 15.4. The van der Waals surface area contributed by atoms with E-state index in [0.29, 0.717) is 60.4 Å². The third kappa shape index (κ3) is 6.19. The van der Waals surface area contributed by atoms with E-state index in [1.54, 1.807) is 26.2 Å². The molecule has 2 N–H and O–H groups in total. The lowest BCUT2D eigenvalue weighted by Gasteiger charge is -2.47. The van der Waals surface area contributed by atoms with Crippen LogP contribution in [0.1, 0.15) is 87.1 Å². The Bertz CT molecular complexity index is 1750. The number of carboxylic acid groups (broad SMARTS) is 1. The number of amides is 1. The quantitative estimate of drug-likeness (QED) is 0.240. The fourth-order valence-electron chi connectivity index (χ4n) is 8.86. The largest absolute Gasteiger partial charge is 0.493 e. The molecule has 260 valence electrons. The average Bonchev–Trinajstić information content (AvgIpc) is 3.61. The number of carboxylic acids is 1. The monoisotopic (exact) mass is 687 g/mol. The summed E-state index contributed by atoms with van der Waals surface area (Å²) in [7, 11) is 3.36. The van der Waals surface area contributed by atoms with Crippen LogP contribution in [0.5, 0.6) is 17.2 Å². The van der Waals surface area contributed by atoms with Crippen molar-refractivity contribution in [2.75, 3.05) is 26.0 Å². The van der Waals surface area contributed by atoms with Crippen LogP contribution in [0.3, 0.4) is 0 Å². The maximum absolute atomic E-state index is 12.9. The van der Waals surface area contributed by atoms with E-state index in [1.807, 2.05) is 30.5 Å². The molecule has 49 heavy (non-hydrogen) atoms. The van der Waals surface area contributed by atoms with Crippen molar-refractivity contribution in [3.63, 3.8) is 0 Å². The molecule has 2 aromatic carbocycles. The zero-order chi connectivity index (χ0) is 34.5. The van der Waals surface area contributed by atoms with Crippen molar-refractivity contribution in [1.29, 1.82) is 0 Å². The number of rotatable bonds is 9. The van der Waals surface area contributed by atoms with Crippen LogP contribution in [-0.2, 0) is 27.8 Å². The molecule has 1 aromatic heterocycles. The van der Waals surface area contributed by atoms with Gasteiger partial charge >= 0.3 is 18.2 Å². The smallest absolute Gasteiger partial charge is 0.329 e. The lowest BCUT2D eigenvalue weighted by atomic mass is 9.59. The molecule has 4 atom stereocenters. The molecule has 0 bridgehead atoms. The van der Waals surface area contributed by atoms with Gasteiger partial charge in [-0.25, -0.2) is 4.79 Å². The Hall–Kier alpha value is -3.98. The second kappa shape index (κ2) is 13.0. The third-order valence-electron chi connectivity index (χ3n) is 11.5.